The second-order valence-electron chi connectivity index (χ2n) is 7.05. The lowest BCUT2D eigenvalue weighted by Crippen LogP contribution is -2.50. The highest BCUT2D eigenvalue weighted by Crippen LogP contribution is 2.25. The number of sulfonamides is 1. The van der Waals surface area contributed by atoms with Crippen LogP contribution in [-0.4, -0.2) is 44.2 Å². The van der Waals surface area contributed by atoms with E-state index < -0.39 is 32.9 Å². The van der Waals surface area contributed by atoms with E-state index in [1.807, 2.05) is 31.2 Å². The van der Waals surface area contributed by atoms with Gasteiger partial charge in [0.25, 0.3) is 5.69 Å². The van der Waals surface area contributed by atoms with E-state index in [9.17, 15) is 23.3 Å². The number of amides is 1. The van der Waals surface area contributed by atoms with Crippen LogP contribution in [0.25, 0.3) is 0 Å². The van der Waals surface area contributed by atoms with Gasteiger partial charge in [0.1, 0.15) is 18.4 Å². The number of carbonyl (C=O) groups is 1. The van der Waals surface area contributed by atoms with E-state index in [2.05, 4.69) is 5.32 Å². The quantitative estimate of drug-likeness (QED) is 0.478. The number of nitro groups is 1. The molecule has 0 heterocycles. The minimum Gasteiger partial charge on any atom is -0.491 e. The molecule has 2 aromatic carbocycles. The van der Waals surface area contributed by atoms with Gasteiger partial charge in [-0.15, -0.1) is 0 Å². The van der Waals surface area contributed by atoms with Gasteiger partial charge in [-0.2, -0.15) is 0 Å². The van der Waals surface area contributed by atoms with Gasteiger partial charge in [0.2, 0.25) is 15.9 Å². The molecule has 0 unspecified atom stereocenters. The number of nitro benzene ring substituents is 1. The van der Waals surface area contributed by atoms with Gasteiger partial charge in [-0.3, -0.25) is 19.2 Å². The molecule has 0 saturated carbocycles. The lowest BCUT2D eigenvalue weighted by Gasteiger charge is -2.29. The third kappa shape index (κ3) is 6.18. The van der Waals surface area contributed by atoms with Crippen molar-refractivity contribution in [3.8, 4) is 5.75 Å². The van der Waals surface area contributed by atoms with Gasteiger partial charge in [0.05, 0.1) is 22.9 Å². The molecule has 1 amide bonds. The average Bonchev–Trinajstić information content (AvgIpc) is 2.66. The van der Waals surface area contributed by atoms with Gasteiger partial charge in [0, 0.05) is 12.1 Å². The zero-order valence-electron chi connectivity index (χ0n) is 17.2. The van der Waals surface area contributed by atoms with Crippen molar-refractivity contribution in [2.45, 2.75) is 32.9 Å². The number of aryl methyl sites for hydroxylation is 1. The maximum absolute atomic E-state index is 12.7. The van der Waals surface area contributed by atoms with Crippen molar-refractivity contribution in [3.05, 3.63) is 64.2 Å². The second-order valence-corrected chi connectivity index (χ2v) is 8.90. The van der Waals surface area contributed by atoms with Crippen LogP contribution >= 0.6 is 0 Å². The fourth-order valence-electron chi connectivity index (χ4n) is 2.81. The Bertz CT molecular complexity index is 1010. The van der Waals surface area contributed by atoms with Crippen LogP contribution < -0.4 is 14.4 Å². The van der Waals surface area contributed by atoms with Crippen LogP contribution in [0.5, 0.6) is 5.75 Å². The Labute approximate surface area is 175 Å². The van der Waals surface area contributed by atoms with Crippen molar-refractivity contribution in [2.75, 3.05) is 17.2 Å². The topological polar surface area (TPSA) is 119 Å². The average molecular weight is 436 g/mol. The Morgan fingerprint density at radius 2 is 1.83 bits per heavy atom. The molecule has 0 aliphatic heterocycles. The lowest BCUT2D eigenvalue weighted by atomic mass is 10.2. The van der Waals surface area contributed by atoms with Crippen molar-refractivity contribution >= 4 is 27.3 Å². The Hall–Kier alpha value is -3.14. The van der Waals surface area contributed by atoms with Crippen molar-refractivity contribution in [2.24, 2.45) is 0 Å². The normalized spacial score (nSPS) is 13.2. The summed E-state index contributed by atoms with van der Waals surface area (Å²) in [5, 5.41) is 13.7. The molecule has 2 atom stereocenters. The minimum atomic E-state index is -3.88. The third-order valence-electron chi connectivity index (χ3n) is 4.29. The van der Waals surface area contributed by atoms with E-state index in [-0.39, 0.29) is 18.0 Å². The van der Waals surface area contributed by atoms with E-state index in [1.54, 1.807) is 6.92 Å². The first-order valence-electron chi connectivity index (χ1n) is 9.22. The molecule has 0 aromatic heterocycles. The van der Waals surface area contributed by atoms with Crippen LogP contribution in [0.15, 0.2) is 48.5 Å². The van der Waals surface area contributed by atoms with Crippen molar-refractivity contribution in [1.82, 2.24) is 5.32 Å². The Morgan fingerprint density at radius 3 is 2.40 bits per heavy atom. The molecule has 0 spiro atoms. The molecule has 0 aliphatic rings. The van der Waals surface area contributed by atoms with E-state index in [0.29, 0.717) is 5.75 Å². The summed E-state index contributed by atoms with van der Waals surface area (Å²) < 4.78 is 31.2. The molecule has 0 fully saturated rings. The van der Waals surface area contributed by atoms with Gasteiger partial charge in [-0.25, -0.2) is 8.42 Å². The van der Waals surface area contributed by atoms with Crippen molar-refractivity contribution in [1.29, 1.82) is 0 Å². The molecular weight excluding hydrogens is 410 g/mol. The number of non-ortho nitro benzene ring substituents is 1. The number of hydrogen-bond donors (Lipinski definition) is 1. The van der Waals surface area contributed by atoms with E-state index in [1.165, 1.54) is 25.1 Å². The van der Waals surface area contributed by atoms with Crippen molar-refractivity contribution < 1.29 is 22.9 Å². The summed E-state index contributed by atoms with van der Waals surface area (Å²) in [7, 11) is -3.88. The fourth-order valence-corrected chi connectivity index (χ4v) is 3.98. The van der Waals surface area contributed by atoms with E-state index in [4.69, 9.17) is 4.74 Å². The molecule has 0 saturated heterocycles. The number of nitrogens with one attached hydrogen (secondary N) is 1. The lowest BCUT2D eigenvalue weighted by molar-refractivity contribution is -0.384. The molecule has 0 radical (unpaired) electrons. The first kappa shape index (κ1) is 23.1. The SMILES string of the molecule is Cc1ccc(OC[C@@H](C)NC(=O)[C@H](C)N(c2cccc([N+](=O)[O-])c2)S(C)(=O)=O)cc1. The maximum Gasteiger partial charge on any atom is 0.271 e. The first-order valence-corrected chi connectivity index (χ1v) is 11.1. The largest absolute Gasteiger partial charge is 0.491 e. The molecule has 10 heteroatoms. The zero-order chi connectivity index (χ0) is 22.5. The van der Waals surface area contributed by atoms with Gasteiger partial charge in [-0.05, 0) is 39.0 Å². The summed E-state index contributed by atoms with van der Waals surface area (Å²) in [6.45, 7) is 5.31. The minimum absolute atomic E-state index is 0.0397. The van der Waals surface area contributed by atoms with Crippen LogP contribution in [0.4, 0.5) is 11.4 Å². The van der Waals surface area contributed by atoms with Crippen molar-refractivity contribution in [3.63, 3.8) is 0 Å². The number of nitrogens with zero attached hydrogens (tertiary/aromatic N) is 2. The molecule has 162 valence electrons. The third-order valence-corrected chi connectivity index (χ3v) is 5.53. The van der Waals surface area contributed by atoms with E-state index in [0.717, 1.165) is 22.2 Å². The van der Waals surface area contributed by atoms with Gasteiger partial charge in [-0.1, -0.05) is 23.8 Å². The predicted molar refractivity (Wildman–Crippen MR) is 114 cm³/mol. The summed E-state index contributed by atoms with van der Waals surface area (Å²) in [6, 6.07) is 11.1. The summed E-state index contributed by atoms with van der Waals surface area (Å²) in [6.07, 6.45) is 0.944. The summed E-state index contributed by atoms with van der Waals surface area (Å²) >= 11 is 0. The second kappa shape index (κ2) is 9.57. The standard InChI is InChI=1S/C20H25N3O6S/c1-14-8-10-19(11-9-14)29-13-15(2)21-20(24)16(3)22(30(4,27)28)17-6-5-7-18(12-17)23(25)26/h5-12,15-16H,13H2,1-4H3,(H,21,24)/t15-,16+/m1/s1. The molecule has 2 aromatic rings. The number of carbonyl (C=O) groups excluding carboxylic acids is 1. The number of ether oxygens (including phenoxy) is 1. The smallest absolute Gasteiger partial charge is 0.271 e. The number of hydrogen-bond acceptors (Lipinski definition) is 6. The fraction of sp³-hybridized carbons (Fsp3) is 0.350. The highest BCUT2D eigenvalue weighted by molar-refractivity contribution is 7.92. The molecule has 1 N–H and O–H groups in total. The Kier molecular flexibility index (Phi) is 7.38. The monoisotopic (exact) mass is 435 g/mol. The van der Waals surface area contributed by atoms with Crippen LogP contribution in [0.2, 0.25) is 0 Å². The first-order chi connectivity index (χ1) is 14.0. The Morgan fingerprint density at radius 1 is 1.20 bits per heavy atom. The summed E-state index contributed by atoms with van der Waals surface area (Å²) in [5.41, 5.74) is 0.867. The Balaban J connectivity index is 2.10. The van der Waals surface area contributed by atoms with Crippen LogP contribution in [0, 0.1) is 17.0 Å². The van der Waals surface area contributed by atoms with E-state index >= 15 is 0 Å². The number of rotatable bonds is 9. The summed E-state index contributed by atoms with van der Waals surface area (Å²) in [5.74, 6) is 0.107. The molecule has 2 rings (SSSR count). The molecule has 9 nitrogen and oxygen atoms in total. The zero-order valence-corrected chi connectivity index (χ0v) is 18.0. The summed E-state index contributed by atoms with van der Waals surface area (Å²) in [4.78, 5) is 23.1. The van der Waals surface area contributed by atoms with Crippen LogP contribution in [-0.2, 0) is 14.8 Å². The highest BCUT2D eigenvalue weighted by Gasteiger charge is 2.30. The van der Waals surface area contributed by atoms with Gasteiger partial charge in [0.15, 0.2) is 0 Å². The molecule has 0 aliphatic carbocycles. The van der Waals surface area contributed by atoms with Crippen LogP contribution in [0.1, 0.15) is 19.4 Å². The number of anilines is 1. The molecular formula is C20H25N3O6S. The molecule has 0 bridgehead atoms. The number of benzene rings is 2. The van der Waals surface area contributed by atoms with Gasteiger partial charge >= 0.3 is 0 Å². The highest BCUT2D eigenvalue weighted by atomic mass is 32.2. The van der Waals surface area contributed by atoms with Gasteiger partial charge < -0.3 is 10.1 Å². The maximum atomic E-state index is 12.7. The van der Waals surface area contributed by atoms with Crippen LogP contribution in [0.3, 0.4) is 0 Å². The predicted octanol–water partition coefficient (Wildman–Crippen LogP) is 2.64. The molecule has 30 heavy (non-hydrogen) atoms.